The molecule has 0 atom stereocenters. The Kier molecular flexibility index (Phi) is 4.97. The van der Waals surface area contributed by atoms with Gasteiger partial charge in [0.05, 0.1) is 12.5 Å². The second-order valence-corrected chi connectivity index (χ2v) is 8.51. The van der Waals surface area contributed by atoms with Crippen LogP contribution in [0.1, 0.15) is 31.2 Å². The van der Waals surface area contributed by atoms with Gasteiger partial charge in [0.15, 0.2) is 11.6 Å². The largest absolute Gasteiger partial charge is 0.496 e. The van der Waals surface area contributed by atoms with E-state index in [-0.39, 0.29) is 5.91 Å². The van der Waals surface area contributed by atoms with Gasteiger partial charge in [-0.1, -0.05) is 18.2 Å². The molecule has 30 heavy (non-hydrogen) atoms. The second kappa shape index (κ2) is 7.78. The number of rotatable bonds is 5. The van der Waals surface area contributed by atoms with Gasteiger partial charge in [-0.25, -0.2) is 0 Å². The fourth-order valence-corrected chi connectivity index (χ4v) is 4.81. The molecular formula is C23H29N5O2. The number of methoxy groups -OCH3 is 1. The number of carbonyl (C=O) groups is 1. The highest BCUT2D eigenvalue weighted by Gasteiger charge is 2.54. The van der Waals surface area contributed by atoms with E-state index in [1.165, 1.54) is 12.8 Å². The minimum absolute atomic E-state index is 0.238. The summed E-state index contributed by atoms with van der Waals surface area (Å²) in [5.74, 6) is 2.92. The van der Waals surface area contributed by atoms with Crippen LogP contribution in [0, 0.1) is 0 Å². The zero-order valence-electron chi connectivity index (χ0n) is 17.6. The molecule has 3 aliphatic rings. The van der Waals surface area contributed by atoms with Crippen LogP contribution in [-0.2, 0) is 10.2 Å². The van der Waals surface area contributed by atoms with E-state index < -0.39 is 5.41 Å². The van der Waals surface area contributed by atoms with E-state index in [1.807, 2.05) is 29.2 Å². The van der Waals surface area contributed by atoms with Crippen LogP contribution in [0.5, 0.6) is 5.75 Å². The number of ether oxygens (including phenoxy) is 1. The number of piperazine rings is 1. The normalized spacial score (nSPS) is 20.4. The van der Waals surface area contributed by atoms with Gasteiger partial charge in [-0.3, -0.25) is 4.79 Å². The highest BCUT2D eigenvalue weighted by Crippen LogP contribution is 2.52. The van der Waals surface area contributed by atoms with Gasteiger partial charge < -0.3 is 19.4 Å². The molecule has 2 aromatic rings. The highest BCUT2D eigenvalue weighted by atomic mass is 16.5. The quantitative estimate of drug-likeness (QED) is 0.759. The molecular weight excluding hydrogens is 378 g/mol. The summed E-state index contributed by atoms with van der Waals surface area (Å²) < 4.78 is 5.53. The molecule has 0 N–H and O–H groups in total. The van der Waals surface area contributed by atoms with Crippen LogP contribution in [0.25, 0.3) is 0 Å². The smallest absolute Gasteiger partial charge is 0.233 e. The predicted octanol–water partition coefficient (Wildman–Crippen LogP) is 2.47. The Hall–Kier alpha value is -2.83. The first kappa shape index (κ1) is 19.2. The molecule has 2 aliphatic heterocycles. The highest BCUT2D eigenvalue weighted by molar-refractivity contribution is 5.92. The summed E-state index contributed by atoms with van der Waals surface area (Å²) in [4.78, 5) is 19.9. The van der Waals surface area contributed by atoms with E-state index in [4.69, 9.17) is 4.74 Å². The molecule has 3 fully saturated rings. The van der Waals surface area contributed by atoms with Crippen molar-refractivity contribution in [3.05, 3.63) is 42.0 Å². The van der Waals surface area contributed by atoms with Crippen LogP contribution < -0.4 is 14.5 Å². The first-order valence-corrected chi connectivity index (χ1v) is 11.0. The lowest BCUT2D eigenvalue weighted by Crippen LogP contribution is -2.51. The van der Waals surface area contributed by atoms with E-state index in [2.05, 4.69) is 32.1 Å². The zero-order valence-corrected chi connectivity index (χ0v) is 17.6. The molecule has 7 heteroatoms. The lowest BCUT2D eigenvalue weighted by molar-refractivity contribution is -0.134. The van der Waals surface area contributed by atoms with Crippen molar-refractivity contribution in [3.8, 4) is 5.75 Å². The Morgan fingerprint density at radius 2 is 1.47 bits per heavy atom. The fourth-order valence-electron chi connectivity index (χ4n) is 4.81. The molecule has 1 aliphatic carbocycles. The topological polar surface area (TPSA) is 61.8 Å². The number of para-hydroxylation sites is 1. The fraction of sp³-hybridized carbons (Fsp3) is 0.522. The average Bonchev–Trinajstić information content (AvgIpc) is 3.44. The second-order valence-electron chi connectivity index (χ2n) is 8.51. The molecule has 158 valence electrons. The molecule has 1 aromatic carbocycles. The zero-order chi connectivity index (χ0) is 20.6. The summed E-state index contributed by atoms with van der Waals surface area (Å²) in [6.07, 6.45) is 4.26. The van der Waals surface area contributed by atoms with Gasteiger partial charge in [0.25, 0.3) is 0 Å². The minimum atomic E-state index is -0.397. The molecule has 1 saturated carbocycles. The molecule has 7 nitrogen and oxygen atoms in total. The molecule has 3 heterocycles. The number of nitrogens with zero attached hydrogens (tertiary/aromatic N) is 5. The van der Waals surface area contributed by atoms with E-state index in [9.17, 15) is 4.79 Å². The van der Waals surface area contributed by atoms with Crippen LogP contribution >= 0.6 is 0 Å². The van der Waals surface area contributed by atoms with Crippen molar-refractivity contribution in [1.82, 2.24) is 15.1 Å². The van der Waals surface area contributed by atoms with Crippen molar-refractivity contribution in [3.63, 3.8) is 0 Å². The molecule has 2 saturated heterocycles. The van der Waals surface area contributed by atoms with Crippen LogP contribution in [-0.4, -0.2) is 67.4 Å². The predicted molar refractivity (Wildman–Crippen MR) is 116 cm³/mol. The summed E-state index contributed by atoms with van der Waals surface area (Å²) in [6.45, 7) is 5.14. The molecule has 0 spiro atoms. The first-order chi connectivity index (χ1) is 14.7. The number of amides is 1. The van der Waals surface area contributed by atoms with E-state index in [0.717, 1.165) is 62.0 Å². The monoisotopic (exact) mass is 407 g/mol. The van der Waals surface area contributed by atoms with Gasteiger partial charge in [0.2, 0.25) is 5.91 Å². The number of carbonyl (C=O) groups excluding carboxylic acids is 1. The maximum absolute atomic E-state index is 13.4. The van der Waals surface area contributed by atoms with Gasteiger partial charge >= 0.3 is 0 Å². The standard InChI is InChI=1S/C23H29N5O2/c1-30-19-7-3-2-6-18(19)23(10-11-23)22(29)28-16-14-27(15-17-28)21-9-8-20(24-25-21)26-12-4-5-13-26/h2-3,6-9H,4-5,10-17H2,1H3. The number of hydrogen-bond donors (Lipinski definition) is 0. The van der Waals surface area contributed by atoms with Crippen molar-refractivity contribution in [2.75, 3.05) is 56.2 Å². The van der Waals surface area contributed by atoms with Crippen molar-refractivity contribution < 1.29 is 9.53 Å². The molecule has 1 amide bonds. The van der Waals surface area contributed by atoms with Crippen LogP contribution in [0.4, 0.5) is 11.6 Å². The van der Waals surface area contributed by atoms with Gasteiger partial charge in [0, 0.05) is 44.8 Å². The summed E-state index contributed by atoms with van der Waals surface area (Å²) in [7, 11) is 1.67. The Balaban J connectivity index is 1.23. The Bertz CT molecular complexity index is 898. The number of hydrogen-bond acceptors (Lipinski definition) is 6. The first-order valence-electron chi connectivity index (χ1n) is 11.0. The number of anilines is 2. The van der Waals surface area contributed by atoms with Crippen LogP contribution in [0.15, 0.2) is 36.4 Å². The summed E-state index contributed by atoms with van der Waals surface area (Å²) >= 11 is 0. The van der Waals surface area contributed by atoms with Gasteiger partial charge in [-0.2, -0.15) is 0 Å². The number of benzene rings is 1. The van der Waals surface area contributed by atoms with Gasteiger partial charge in [-0.05, 0) is 43.9 Å². The Morgan fingerprint density at radius 3 is 2.03 bits per heavy atom. The maximum Gasteiger partial charge on any atom is 0.233 e. The third-order valence-electron chi connectivity index (χ3n) is 6.74. The van der Waals surface area contributed by atoms with Gasteiger partial charge in [-0.15, -0.1) is 10.2 Å². The summed E-state index contributed by atoms with van der Waals surface area (Å²) in [5, 5.41) is 8.90. The van der Waals surface area contributed by atoms with E-state index in [0.29, 0.717) is 13.1 Å². The van der Waals surface area contributed by atoms with Crippen molar-refractivity contribution in [2.24, 2.45) is 0 Å². The molecule has 5 rings (SSSR count). The van der Waals surface area contributed by atoms with E-state index in [1.54, 1.807) is 7.11 Å². The minimum Gasteiger partial charge on any atom is -0.496 e. The maximum atomic E-state index is 13.4. The van der Waals surface area contributed by atoms with Crippen LogP contribution in [0.2, 0.25) is 0 Å². The summed E-state index contributed by atoms with van der Waals surface area (Å²) in [5.41, 5.74) is 0.634. The molecule has 1 aromatic heterocycles. The molecule has 0 radical (unpaired) electrons. The van der Waals surface area contributed by atoms with Gasteiger partial charge in [0.1, 0.15) is 5.75 Å². The average molecular weight is 408 g/mol. The van der Waals surface area contributed by atoms with Crippen LogP contribution in [0.3, 0.4) is 0 Å². The Labute approximate surface area is 177 Å². The molecule has 0 bridgehead atoms. The Morgan fingerprint density at radius 1 is 0.867 bits per heavy atom. The lowest BCUT2D eigenvalue weighted by Gasteiger charge is -2.37. The molecule has 0 unspecified atom stereocenters. The lowest BCUT2D eigenvalue weighted by atomic mass is 9.93. The third kappa shape index (κ3) is 3.36. The third-order valence-corrected chi connectivity index (χ3v) is 6.74. The van der Waals surface area contributed by atoms with Crippen molar-refractivity contribution in [1.29, 1.82) is 0 Å². The summed E-state index contributed by atoms with van der Waals surface area (Å²) in [6, 6.07) is 12.1. The van der Waals surface area contributed by atoms with Crippen molar-refractivity contribution in [2.45, 2.75) is 31.1 Å². The number of aromatic nitrogens is 2. The SMILES string of the molecule is COc1ccccc1C1(C(=O)N2CCN(c3ccc(N4CCCC4)nn3)CC2)CC1. The van der Waals surface area contributed by atoms with E-state index >= 15 is 0 Å². The van der Waals surface area contributed by atoms with Crippen molar-refractivity contribution >= 4 is 17.5 Å².